The van der Waals surface area contributed by atoms with Crippen LogP contribution in [-0.2, 0) is 20.0 Å². The third-order valence-electron chi connectivity index (χ3n) is 6.55. The molecule has 25 heavy (non-hydrogen) atoms. The van der Waals surface area contributed by atoms with Gasteiger partial charge < -0.3 is 4.74 Å². The van der Waals surface area contributed by atoms with Gasteiger partial charge in [-0.1, -0.05) is 32.9 Å². The normalized spacial score (nSPS) is 31.7. The van der Waals surface area contributed by atoms with Crippen molar-refractivity contribution in [1.82, 2.24) is 4.31 Å². The number of hydrogen-bond donors (Lipinski definition) is 0. The fraction of sp³-hybridized carbons (Fsp3) is 0.667. The van der Waals surface area contributed by atoms with Crippen molar-refractivity contribution >= 4 is 15.6 Å². The van der Waals surface area contributed by atoms with Gasteiger partial charge in [0, 0.05) is 25.1 Å². The summed E-state index contributed by atoms with van der Waals surface area (Å²) in [5.74, 6) is 4.77. The van der Waals surface area contributed by atoms with Crippen LogP contribution < -0.4 is 0 Å². The van der Waals surface area contributed by atoms with Crippen molar-refractivity contribution in [2.75, 3.05) is 20.2 Å². The second-order valence-electron chi connectivity index (χ2n) is 9.58. The smallest absolute Gasteiger partial charge is 0.0871 e. The standard InChI is InChI=1S/C21H33NO2S/c1-19(2)14-21(5)12-17(19)13-22(15-21)25(7,23)18-10-8-16(9-11-18)20(3,4)24-6/h8-11,17H,7,12-15H2,1-6H3. The van der Waals surface area contributed by atoms with Gasteiger partial charge in [0.2, 0.25) is 0 Å². The highest BCUT2D eigenvalue weighted by atomic mass is 32.2. The van der Waals surface area contributed by atoms with E-state index in [0.29, 0.717) is 11.3 Å². The lowest BCUT2D eigenvalue weighted by Gasteiger charge is -2.40. The lowest BCUT2D eigenvalue weighted by Crippen LogP contribution is -2.45. The highest BCUT2D eigenvalue weighted by Crippen LogP contribution is 2.56. The summed E-state index contributed by atoms with van der Waals surface area (Å²) >= 11 is 0. The Bertz CT molecular complexity index is 749. The van der Waals surface area contributed by atoms with Crippen molar-refractivity contribution in [2.45, 2.75) is 58.0 Å². The predicted octanol–water partition coefficient (Wildman–Crippen LogP) is 4.32. The van der Waals surface area contributed by atoms with Gasteiger partial charge in [-0.2, -0.15) is 0 Å². The van der Waals surface area contributed by atoms with E-state index in [1.54, 1.807) is 7.11 Å². The molecule has 1 saturated carbocycles. The molecule has 1 saturated heterocycles. The average molecular weight is 364 g/mol. The van der Waals surface area contributed by atoms with E-state index < -0.39 is 9.71 Å². The van der Waals surface area contributed by atoms with E-state index in [-0.39, 0.29) is 11.0 Å². The summed E-state index contributed by atoms with van der Waals surface area (Å²) in [5.41, 5.74) is 1.32. The molecule has 1 heterocycles. The van der Waals surface area contributed by atoms with E-state index in [1.165, 1.54) is 12.8 Å². The molecule has 4 heteroatoms. The third-order valence-corrected chi connectivity index (χ3v) is 8.68. The first kappa shape index (κ1) is 18.9. The van der Waals surface area contributed by atoms with E-state index >= 15 is 0 Å². The summed E-state index contributed by atoms with van der Waals surface area (Å²) in [4.78, 5) is 0.825. The van der Waals surface area contributed by atoms with E-state index in [2.05, 4.69) is 30.9 Å². The SMILES string of the molecule is C=S(=O)(c1ccc(C(C)(C)OC)cc1)N1CC2CC(C)(C1)CC2(C)C. The molecule has 140 valence electrons. The fourth-order valence-corrected chi connectivity index (χ4v) is 6.72. The van der Waals surface area contributed by atoms with Gasteiger partial charge in [-0.15, -0.1) is 0 Å². The molecule has 1 aromatic rings. The number of methoxy groups -OCH3 is 1. The second-order valence-corrected chi connectivity index (χ2v) is 11.8. The van der Waals surface area contributed by atoms with Gasteiger partial charge in [-0.05, 0) is 67.0 Å². The van der Waals surface area contributed by atoms with Gasteiger partial charge in [-0.25, -0.2) is 8.51 Å². The van der Waals surface area contributed by atoms with Crippen LogP contribution in [0.5, 0.6) is 0 Å². The monoisotopic (exact) mass is 363 g/mol. The number of nitrogens with zero attached hydrogens (tertiary/aromatic N) is 1. The maximum atomic E-state index is 13.6. The Balaban J connectivity index is 1.88. The molecule has 3 nitrogen and oxygen atoms in total. The van der Waals surface area contributed by atoms with Crippen molar-refractivity contribution in [3.63, 3.8) is 0 Å². The number of piperidine rings is 1. The van der Waals surface area contributed by atoms with Crippen molar-refractivity contribution in [1.29, 1.82) is 0 Å². The maximum Gasteiger partial charge on any atom is 0.0871 e. The van der Waals surface area contributed by atoms with E-state index in [4.69, 9.17) is 4.74 Å². The Labute approximate surface area is 153 Å². The molecule has 2 aliphatic rings. The van der Waals surface area contributed by atoms with Crippen LogP contribution in [0.15, 0.2) is 29.2 Å². The molecule has 0 spiro atoms. The Kier molecular flexibility index (Phi) is 4.42. The van der Waals surface area contributed by atoms with Crippen LogP contribution in [0, 0.1) is 16.7 Å². The summed E-state index contributed by atoms with van der Waals surface area (Å²) in [6.07, 6.45) is 2.45. The van der Waals surface area contributed by atoms with Crippen molar-refractivity contribution in [2.24, 2.45) is 16.7 Å². The molecule has 0 amide bonds. The van der Waals surface area contributed by atoms with Crippen LogP contribution in [-0.4, -0.2) is 34.6 Å². The third kappa shape index (κ3) is 3.29. The van der Waals surface area contributed by atoms with E-state index in [9.17, 15) is 4.21 Å². The lowest BCUT2D eigenvalue weighted by molar-refractivity contribution is 0.0192. The Morgan fingerprint density at radius 1 is 1.24 bits per heavy atom. The lowest BCUT2D eigenvalue weighted by atomic mass is 9.82. The van der Waals surface area contributed by atoms with Gasteiger partial charge in [0.25, 0.3) is 0 Å². The van der Waals surface area contributed by atoms with Crippen molar-refractivity contribution in [3.8, 4) is 0 Å². The quantitative estimate of drug-likeness (QED) is 0.746. The van der Waals surface area contributed by atoms with Gasteiger partial charge in [0.15, 0.2) is 0 Å². The van der Waals surface area contributed by atoms with Crippen LogP contribution >= 0.6 is 0 Å². The van der Waals surface area contributed by atoms with Crippen molar-refractivity contribution in [3.05, 3.63) is 29.8 Å². The zero-order valence-electron chi connectivity index (χ0n) is 16.6. The molecule has 0 radical (unpaired) electrons. The zero-order chi connectivity index (χ0) is 18.7. The summed E-state index contributed by atoms with van der Waals surface area (Å²) in [6.45, 7) is 12.9. The molecule has 0 N–H and O–H groups in total. The first-order chi connectivity index (χ1) is 11.4. The molecule has 1 aliphatic heterocycles. The van der Waals surface area contributed by atoms with Gasteiger partial charge >= 0.3 is 0 Å². The molecule has 0 aromatic heterocycles. The van der Waals surface area contributed by atoms with E-state index in [0.717, 1.165) is 23.5 Å². The molecule has 1 aliphatic carbocycles. The molecule has 3 rings (SSSR count). The number of rotatable bonds is 4. The highest BCUT2D eigenvalue weighted by Gasteiger charge is 2.52. The number of fused-ring (bicyclic) bond motifs is 2. The van der Waals surface area contributed by atoms with Crippen LogP contribution in [0.1, 0.15) is 53.0 Å². The fourth-order valence-electron chi connectivity index (χ4n) is 4.92. The predicted molar refractivity (Wildman–Crippen MR) is 106 cm³/mol. The van der Waals surface area contributed by atoms with Crippen molar-refractivity contribution < 1.29 is 8.95 Å². The summed E-state index contributed by atoms with van der Waals surface area (Å²) < 4.78 is 21.3. The molecule has 3 unspecified atom stereocenters. The Morgan fingerprint density at radius 3 is 2.36 bits per heavy atom. The van der Waals surface area contributed by atoms with Gasteiger partial charge in [0.1, 0.15) is 0 Å². The van der Waals surface area contributed by atoms with Crippen LogP contribution in [0.2, 0.25) is 0 Å². The van der Waals surface area contributed by atoms with Crippen LogP contribution in [0.4, 0.5) is 0 Å². The molecule has 1 aromatic carbocycles. The van der Waals surface area contributed by atoms with E-state index in [1.807, 2.05) is 38.1 Å². The molecular weight excluding hydrogens is 330 g/mol. The second kappa shape index (κ2) is 5.83. The maximum absolute atomic E-state index is 13.6. The number of ether oxygens (including phenoxy) is 1. The largest absolute Gasteiger partial charge is 0.374 e. The number of benzene rings is 1. The molecular formula is C21H33NO2S. The first-order valence-electron chi connectivity index (χ1n) is 9.18. The summed E-state index contributed by atoms with van der Waals surface area (Å²) in [5, 5.41) is 0. The molecule has 2 bridgehead atoms. The van der Waals surface area contributed by atoms with Gasteiger partial charge in [0.05, 0.1) is 15.3 Å². The minimum absolute atomic E-state index is 0.255. The Morgan fingerprint density at radius 2 is 1.84 bits per heavy atom. The summed E-state index contributed by atoms with van der Waals surface area (Å²) in [6, 6.07) is 7.98. The zero-order valence-corrected chi connectivity index (χ0v) is 17.4. The average Bonchev–Trinajstić information content (AvgIpc) is 2.70. The topological polar surface area (TPSA) is 29.5 Å². The van der Waals surface area contributed by atoms with Gasteiger partial charge in [-0.3, -0.25) is 0 Å². The van der Waals surface area contributed by atoms with Crippen LogP contribution in [0.3, 0.4) is 0 Å². The first-order valence-corrected chi connectivity index (χ1v) is 10.9. The number of hydrogen-bond acceptors (Lipinski definition) is 2. The minimum Gasteiger partial charge on any atom is -0.374 e. The highest BCUT2D eigenvalue weighted by molar-refractivity contribution is 7.98. The Hall–Kier alpha value is -0.840. The van der Waals surface area contributed by atoms with Crippen LogP contribution in [0.25, 0.3) is 0 Å². The molecule has 2 fully saturated rings. The summed E-state index contributed by atoms with van der Waals surface area (Å²) in [7, 11) is -0.740. The minimum atomic E-state index is -2.45. The molecule has 3 atom stereocenters.